The van der Waals surface area contributed by atoms with Crippen molar-refractivity contribution in [3.8, 4) is 0 Å². The minimum atomic E-state index is 0.134. The van der Waals surface area contributed by atoms with Crippen molar-refractivity contribution in [1.29, 1.82) is 0 Å². The Morgan fingerprint density at radius 3 is 2.81 bits per heavy atom. The molecule has 0 bridgehead atoms. The molecule has 1 saturated heterocycles. The lowest BCUT2D eigenvalue weighted by molar-refractivity contribution is -0.121. The van der Waals surface area contributed by atoms with Gasteiger partial charge < -0.3 is 10.6 Å². The summed E-state index contributed by atoms with van der Waals surface area (Å²) in [5, 5.41) is 7.19. The molecule has 1 aromatic carbocycles. The van der Waals surface area contributed by atoms with Gasteiger partial charge in [0.15, 0.2) is 0 Å². The first-order chi connectivity index (χ1) is 10.1. The molecular formula is C16H23ClN2OS. The van der Waals surface area contributed by atoms with Crippen LogP contribution in [0.15, 0.2) is 29.2 Å². The number of halogens is 1. The number of hydrogen-bond donors (Lipinski definition) is 2. The molecule has 0 saturated carbocycles. The molecule has 1 fully saturated rings. The van der Waals surface area contributed by atoms with Gasteiger partial charge in [0.2, 0.25) is 5.91 Å². The third-order valence-electron chi connectivity index (χ3n) is 3.95. The number of piperidine rings is 1. The Hall–Kier alpha value is -0.710. The number of rotatable bonds is 6. The third kappa shape index (κ3) is 5.53. The Kier molecular flexibility index (Phi) is 6.40. The van der Waals surface area contributed by atoms with Crippen LogP contribution in [-0.4, -0.2) is 31.3 Å². The van der Waals surface area contributed by atoms with Crippen LogP contribution in [0.25, 0.3) is 0 Å². The summed E-state index contributed by atoms with van der Waals surface area (Å²) < 4.78 is 0. The van der Waals surface area contributed by atoms with E-state index < -0.39 is 0 Å². The van der Waals surface area contributed by atoms with Crippen molar-refractivity contribution in [3.63, 3.8) is 0 Å². The van der Waals surface area contributed by atoms with E-state index in [9.17, 15) is 4.79 Å². The summed E-state index contributed by atoms with van der Waals surface area (Å²) in [4.78, 5) is 13.0. The van der Waals surface area contributed by atoms with E-state index >= 15 is 0 Å². The fourth-order valence-electron chi connectivity index (χ4n) is 2.42. The van der Waals surface area contributed by atoms with Crippen LogP contribution in [0.4, 0.5) is 0 Å². The molecule has 1 aliphatic rings. The van der Waals surface area contributed by atoms with Crippen molar-refractivity contribution in [2.24, 2.45) is 5.41 Å². The summed E-state index contributed by atoms with van der Waals surface area (Å²) in [7, 11) is 0. The van der Waals surface area contributed by atoms with Gasteiger partial charge in [-0.3, -0.25) is 4.79 Å². The van der Waals surface area contributed by atoms with Crippen molar-refractivity contribution < 1.29 is 4.79 Å². The second-order valence-electron chi connectivity index (χ2n) is 5.87. The second-order valence-corrected chi connectivity index (χ2v) is 7.41. The van der Waals surface area contributed by atoms with Gasteiger partial charge in [0.05, 0.1) is 5.02 Å². The van der Waals surface area contributed by atoms with Gasteiger partial charge in [-0.05, 0) is 43.5 Å². The highest BCUT2D eigenvalue weighted by Gasteiger charge is 2.26. The zero-order valence-corrected chi connectivity index (χ0v) is 14.0. The van der Waals surface area contributed by atoms with Gasteiger partial charge >= 0.3 is 0 Å². The maximum Gasteiger partial charge on any atom is 0.220 e. The highest BCUT2D eigenvalue weighted by atomic mass is 35.5. The van der Waals surface area contributed by atoms with E-state index in [0.29, 0.717) is 6.42 Å². The number of nitrogens with one attached hydrogen (secondary N) is 2. The summed E-state index contributed by atoms with van der Waals surface area (Å²) in [6, 6.07) is 7.74. The van der Waals surface area contributed by atoms with Crippen LogP contribution in [0.2, 0.25) is 5.02 Å². The highest BCUT2D eigenvalue weighted by Crippen LogP contribution is 2.28. The zero-order chi connectivity index (χ0) is 15.1. The van der Waals surface area contributed by atoms with Gasteiger partial charge in [0.1, 0.15) is 0 Å². The molecule has 3 nitrogen and oxygen atoms in total. The molecule has 0 spiro atoms. The predicted molar refractivity (Wildman–Crippen MR) is 90.0 cm³/mol. The van der Waals surface area contributed by atoms with Crippen LogP contribution in [0, 0.1) is 5.41 Å². The highest BCUT2D eigenvalue weighted by molar-refractivity contribution is 7.99. The van der Waals surface area contributed by atoms with Crippen molar-refractivity contribution in [3.05, 3.63) is 29.3 Å². The Labute approximate surface area is 136 Å². The molecule has 0 aliphatic carbocycles. The molecule has 0 radical (unpaired) electrons. The maximum absolute atomic E-state index is 11.9. The summed E-state index contributed by atoms with van der Waals surface area (Å²) in [6.07, 6.45) is 2.79. The summed E-state index contributed by atoms with van der Waals surface area (Å²) in [5.41, 5.74) is 0.247. The third-order valence-corrected chi connectivity index (χ3v) is 5.46. The maximum atomic E-state index is 11.9. The second kappa shape index (κ2) is 8.06. The van der Waals surface area contributed by atoms with Crippen molar-refractivity contribution >= 4 is 29.3 Å². The molecule has 0 unspecified atom stereocenters. The van der Waals surface area contributed by atoms with Gasteiger partial charge in [-0.15, -0.1) is 11.8 Å². The van der Waals surface area contributed by atoms with E-state index in [1.807, 2.05) is 24.3 Å². The first kappa shape index (κ1) is 16.7. The molecule has 2 rings (SSSR count). The number of benzene rings is 1. The van der Waals surface area contributed by atoms with Gasteiger partial charge in [-0.1, -0.05) is 30.7 Å². The first-order valence-corrected chi connectivity index (χ1v) is 8.80. The van der Waals surface area contributed by atoms with E-state index in [-0.39, 0.29) is 11.3 Å². The summed E-state index contributed by atoms with van der Waals surface area (Å²) in [6.45, 7) is 5.14. The van der Waals surface area contributed by atoms with Gasteiger partial charge in [-0.25, -0.2) is 0 Å². The molecule has 1 amide bonds. The molecule has 0 atom stereocenters. The average Bonchev–Trinajstić information content (AvgIpc) is 2.48. The number of carbonyl (C=O) groups is 1. The van der Waals surface area contributed by atoms with Crippen molar-refractivity contribution in [1.82, 2.24) is 10.6 Å². The van der Waals surface area contributed by atoms with Crippen molar-refractivity contribution in [2.45, 2.75) is 31.1 Å². The van der Waals surface area contributed by atoms with Crippen LogP contribution in [0.3, 0.4) is 0 Å². The van der Waals surface area contributed by atoms with Gasteiger partial charge in [0.25, 0.3) is 0 Å². The molecule has 21 heavy (non-hydrogen) atoms. The lowest BCUT2D eigenvalue weighted by atomic mass is 9.81. The number of thioether (sulfide) groups is 1. The largest absolute Gasteiger partial charge is 0.356 e. The fraction of sp³-hybridized carbons (Fsp3) is 0.562. The topological polar surface area (TPSA) is 41.1 Å². The molecular weight excluding hydrogens is 304 g/mol. The normalized spacial score (nSPS) is 17.4. The smallest absolute Gasteiger partial charge is 0.220 e. The Morgan fingerprint density at radius 2 is 2.10 bits per heavy atom. The Bertz CT molecular complexity index is 475. The lowest BCUT2D eigenvalue weighted by Gasteiger charge is -2.34. The van der Waals surface area contributed by atoms with Crippen LogP contribution >= 0.6 is 23.4 Å². The molecule has 1 aliphatic heterocycles. The molecule has 116 valence electrons. The summed E-state index contributed by atoms with van der Waals surface area (Å²) >= 11 is 7.73. The van der Waals surface area contributed by atoms with Gasteiger partial charge in [0, 0.05) is 23.6 Å². The first-order valence-electron chi connectivity index (χ1n) is 7.44. The van der Waals surface area contributed by atoms with E-state index in [1.165, 1.54) is 0 Å². The molecule has 2 N–H and O–H groups in total. The standard InChI is InChI=1S/C16H23ClN2OS/c1-16(7-9-18-10-8-16)12-19-15(20)6-11-21-14-5-3-2-4-13(14)17/h2-5,18H,6-12H2,1H3,(H,19,20). The Morgan fingerprint density at radius 1 is 1.38 bits per heavy atom. The molecule has 5 heteroatoms. The quantitative estimate of drug-likeness (QED) is 0.788. The SMILES string of the molecule is CC1(CNC(=O)CCSc2ccccc2Cl)CCNCC1. The minimum absolute atomic E-state index is 0.134. The summed E-state index contributed by atoms with van der Waals surface area (Å²) in [5.74, 6) is 0.891. The van der Waals surface area contributed by atoms with Crippen LogP contribution in [-0.2, 0) is 4.79 Å². The van der Waals surface area contributed by atoms with Crippen LogP contribution in [0.5, 0.6) is 0 Å². The van der Waals surface area contributed by atoms with E-state index in [2.05, 4.69) is 17.6 Å². The fourth-order valence-corrected chi connectivity index (χ4v) is 3.61. The van der Waals surface area contributed by atoms with E-state index in [1.54, 1.807) is 11.8 Å². The number of amides is 1. The predicted octanol–water partition coefficient (Wildman–Crippen LogP) is 3.33. The van der Waals surface area contributed by atoms with E-state index in [0.717, 1.165) is 48.1 Å². The molecule has 1 heterocycles. The number of hydrogen-bond acceptors (Lipinski definition) is 3. The monoisotopic (exact) mass is 326 g/mol. The van der Waals surface area contributed by atoms with Crippen molar-refractivity contribution in [2.75, 3.05) is 25.4 Å². The Balaban J connectivity index is 1.67. The van der Waals surface area contributed by atoms with Gasteiger partial charge in [-0.2, -0.15) is 0 Å². The lowest BCUT2D eigenvalue weighted by Crippen LogP contribution is -2.42. The van der Waals surface area contributed by atoms with Crippen LogP contribution < -0.4 is 10.6 Å². The zero-order valence-electron chi connectivity index (χ0n) is 12.5. The molecule has 0 aromatic heterocycles. The average molecular weight is 327 g/mol. The van der Waals surface area contributed by atoms with E-state index in [4.69, 9.17) is 11.6 Å². The minimum Gasteiger partial charge on any atom is -0.356 e. The van der Waals surface area contributed by atoms with Crippen LogP contribution in [0.1, 0.15) is 26.2 Å². The number of carbonyl (C=O) groups excluding carboxylic acids is 1. The molecule has 1 aromatic rings.